The lowest BCUT2D eigenvalue weighted by Gasteiger charge is -2.23. The van der Waals surface area contributed by atoms with Crippen LogP contribution in [0.15, 0.2) is 23.3 Å². The summed E-state index contributed by atoms with van der Waals surface area (Å²) >= 11 is 6.03. The molecule has 29 heavy (non-hydrogen) atoms. The summed E-state index contributed by atoms with van der Waals surface area (Å²) in [7, 11) is 0. The molecular weight excluding hydrogens is 509 g/mol. The third-order valence-corrected chi connectivity index (χ3v) is 4.15. The molecule has 1 aromatic rings. The fourth-order valence-corrected chi connectivity index (χ4v) is 2.92. The maximum Gasteiger partial charge on any atom is 0.407 e. The van der Waals surface area contributed by atoms with Crippen LogP contribution in [-0.2, 0) is 4.74 Å². The molecule has 0 aromatic carbocycles. The van der Waals surface area contributed by atoms with E-state index in [2.05, 4.69) is 25.5 Å². The number of ether oxygens (including phenoxy) is 2. The van der Waals surface area contributed by atoms with Gasteiger partial charge in [-0.2, -0.15) is 0 Å². The Hall–Kier alpha value is -1.49. The average molecular weight is 540 g/mol. The van der Waals surface area contributed by atoms with Crippen molar-refractivity contribution in [3.05, 3.63) is 23.4 Å². The molecule has 0 saturated carbocycles. The number of hydrogen-bond donors (Lipinski definition) is 2. The first-order valence-corrected chi connectivity index (χ1v) is 9.92. The van der Waals surface area contributed by atoms with E-state index in [-0.39, 0.29) is 36.1 Å². The van der Waals surface area contributed by atoms with Gasteiger partial charge in [-0.3, -0.25) is 0 Å². The van der Waals surface area contributed by atoms with E-state index in [0.29, 0.717) is 30.6 Å². The van der Waals surface area contributed by atoms with E-state index >= 15 is 0 Å². The number of nitrogens with one attached hydrogen (secondary N) is 2. The second-order valence-corrected chi connectivity index (χ2v) is 7.86. The lowest BCUT2D eigenvalue weighted by molar-refractivity contribution is 0.0507. The normalized spacial score (nSPS) is 16.8. The molecule has 8 nitrogen and oxygen atoms in total. The van der Waals surface area contributed by atoms with Crippen LogP contribution in [0.25, 0.3) is 0 Å². The van der Waals surface area contributed by atoms with Crippen LogP contribution in [0.1, 0.15) is 34.1 Å². The molecule has 0 radical (unpaired) electrons. The van der Waals surface area contributed by atoms with Crippen molar-refractivity contribution >= 4 is 47.6 Å². The molecule has 0 bridgehead atoms. The molecule has 0 aliphatic carbocycles. The van der Waals surface area contributed by atoms with Gasteiger partial charge < -0.3 is 25.0 Å². The summed E-state index contributed by atoms with van der Waals surface area (Å²) in [5.41, 5.74) is -0.505. The predicted octanol–water partition coefficient (Wildman–Crippen LogP) is 3.30. The number of guanidine groups is 1. The van der Waals surface area contributed by atoms with Gasteiger partial charge in [-0.15, -0.1) is 24.0 Å². The molecule has 1 fully saturated rings. The molecule has 2 heterocycles. The summed E-state index contributed by atoms with van der Waals surface area (Å²) in [5.74, 6) is 1.21. The number of pyridine rings is 1. The molecule has 1 aliphatic heterocycles. The standard InChI is InChI=1S/C19H30ClN5O3.HI/c1-5-21-17(23-10-12-27-16-15(20)7-6-9-22-16)25-11-8-14(13-25)24-18(26)28-19(2,3)4;/h6-7,9,14H,5,8,10-13H2,1-4H3,(H,21,23)(H,24,26);1H/t14-;/m1./s1. The maximum atomic E-state index is 12.0. The van der Waals surface area contributed by atoms with E-state index in [1.807, 2.05) is 27.7 Å². The third kappa shape index (κ3) is 9.24. The van der Waals surface area contributed by atoms with Gasteiger partial charge >= 0.3 is 6.09 Å². The van der Waals surface area contributed by atoms with Gasteiger partial charge in [0, 0.05) is 25.8 Å². The number of carbonyl (C=O) groups is 1. The van der Waals surface area contributed by atoms with E-state index in [4.69, 9.17) is 21.1 Å². The fraction of sp³-hybridized carbons (Fsp3) is 0.632. The SMILES string of the molecule is CCNC(=NCCOc1ncccc1Cl)N1CC[C@@H](NC(=O)OC(C)(C)C)C1.I. The number of halogens is 2. The number of alkyl carbamates (subject to hydrolysis) is 1. The van der Waals surface area contributed by atoms with Crippen molar-refractivity contribution < 1.29 is 14.3 Å². The smallest absolute Gasteiger partial charge is 0.407 e. The molecule has 164 valence electrons. The lowest BCUT2D eigenvalue weighted by atomic mass is 10.2. The second-order valence-electron chi connectivity index (χ2n) is 7.45. The number of amides is 1. The van der Waals surface area contributed by atoms with Crippen LogP contribution in [0.4, 0.5) is 4.79 Å². The van der Waals surface area contributed by atoms with Gasteiger partial charge in [-0.05, 0) is 46.2 Å². The Labute approximate surface area is 194 Å². The van der Waals surface area contributed by atoms with Crippen molar-refractivity contribution in [3.8, 4) is 5.88 Å². The average Bonchev–Trinajstić information content (AvgIpc) is 3.05. The fourth-order valence-electron chi connectivity index (χ4n) is 2.74. The van der Waals surface area contributed by atoms with Crippen molar-refractivity contribution in [2.24, 2.45) is 4.99 Å². The van der Waals surface area contributed by atoms with Crippen LogP contribution in [0, 0.1) is 0 Å². The first-order chi connectivity index (χ1) is 13.3. The largest absolute Gasteiger partial charge is 0.475 e. The first kappa shape index (κ1) is 25.5. The summed E-state index contributed by atoms with van der Waals surface area (Å²) in [6.07, 6.45) is 2.09. The number of nitrogens with zero attached hydrogens (tertiary/aromatic N) is 3. The monoisotopic (exact) mass is 539 g/mol. The highest BCUT2D eigenvalue weighted by Gasteiger charge is 2.27. The second kappa shape index (κ2) is 12.3. The molecule has 1 amide bonds. The Morgan fingerprint density at radius 2 is 2.21 bits per heavy atom. The number of aliphatic imine (C=N–C) groups is 1. The molecule has 2 N–H and O–H groups in total. The Kier molecular flexibility index (Phi) is 10.8. The predicted molar refractivity (Wildman–Crippen MR) is 125 cm³/mol. The van der Waals surface area contributed by atoms with Crippen LogP contribution >= 0.6 is 35.6 Å². The maximum absolute atomic E-state index is 12.0. The van der Waals surface area contributed by atoms with Gasteiger partial charge in [0.2, 0.25) is 5.88 Å². The molecule has 1 aromatic heterocycles. The number of likely N-dealkylation sites (tertiary alicyclic amines) is 1. The molecule has 0 unspecified atom stereocenters. The summed E-state index contributed by atoms with van der Waals surface area (Å²) in [4.78, 5) is 22.8. The molecular formula is C19H31ClIN5O3. The summed E-state index contributed by atoms with van der Waals surface area (Å²) in [6.45, 7) is 10.7. The van der Waals surface area contributed by atoms with Gasteiger partial charge in [0.15, 0.2) is 5.96 Å². The molecule has 1 aliphatic rings. The summed E-state index contributed by atoms with van der Waals surface area (Å²) < 4.78 is 10.9. The Morgan fingerprint density at radius 1 is 1.45 bits per heavy atom. The quantitative estimate of drug-likeness (QED) is 0.250. The zero-order chi connectivity index (χ0) is 20.6. The van der Waals surface area contributed by atoms with Gasteiger partial charge in [-0.1, -0.05) is 11.6 Å². The van der Waals surface area contributed by atoms with Crippen LogP contribution in [0.2, 0.25) is 5.02 Å². The number of rotatable bonds is 6. The third-order valence-electron chi connectivity index (χ3n) is 3.86. The van der Waals surface area contributed by atoms with Crippen molar-refractivity contribution in [2.75, 3.05) is 32.8 Å². The van der Waals surface area contributed by atoms with E-state index in [1.165, 1.54) is 0 Å². The van der Waals surface area contributed by atoms with Crippen LogP contribution < -0.4 is 15.4 Å². The van der Waals surface area contributed by atoms with Crippen LogP contribution in [0.5, 0.6) is 5.88 Å². The minimum Gasteiger partial charge on any atom is -0.475 e. The molecule has 10 heteroatoms. The summed E-state index contributed by atoms with van der Waals surface area (Å²) in [5, 5.41) is 6.69. The van der Waals surface area contributed by atoms with Crippen LogP contribution in [0.3, 0.4) is 0 Å². The zero-order valence-electron chi connectivity index (χ0n) is 17.4. The van der Waals surface area contributed by atoms with E-state index < -0.39 is 5.60 Å². The van der Waals surface area contributed by atoms with Crippen molar-refractivity contribution in [1.82, 2.24) is 20.5 Å². The number of hydrogen-bond acceptors (Lipinski definition) is 5. The van der Waals surface area contributed by atoms with E-state index in [1.54, 1.807) is 18.3 Å². The van der Waals surface area contributed by atoms with Gasteiger partial charge in [0.05, 0.1) is 12.6 Å². The van der Waals surface area contributed by atoms with E-state index in [0.717, 1.165) is 25.5 Å². The number of carbonyl (C=O) groups excluding carboxylic acids is 1. The molecule has 2 rings (SSSR count). The minimum atomic E-state index is -0.505. The highest BCUT2D eigenvalue weighted by molar-refractivity contribution is 14.0. The lowest BCUT2D eigenvalue weighted by Crippen LogP contribution is -2.44. The Bertz CT molecular complexity index is 684. The van der Waals surface area contributed by atoms with Crippen molar-refractivity contribution in [3.63, 3.8) is 0 Å². The Balaban J connectivity index is 0.00000420. The zero-order valence-corrected chi connectivity index (χ0v) is 20.5. The van der Waals surface area contributed by atoms with E-state index in [9.17, 15) is 4.79 Å². The highest BCUT2D eigenvalue weighted by atomic mass is 127. The molecule has 1 saturated heterocycles. The molecule has 1 atom stereocenters. The van der Waals surface area contributed by atoms with Gasteiger partial charge in [0.25, 0.3) is 0 Å². The topological polar surface area (TPSA) is 88.1 Å². The van der Waals surface area contributed by atoms with Crippen molar-refractivity contribution in [2.45, 2.75) is 45.8 Å². The van der Waals surface area contributed by atoms with Crippen molar-refractivity contribution in [1.29, 1.82) is 0 Å². The summed E-state index contributed by atoms with van der Waals surface area (Å²) in [6, 6.07) is 3.52. The minimum absolute atomic E-state index is 0. The highest BCUT2D eigenvalue weighted by Crippen LogP contribution is 2.19. The molecule has 0 spiro atoms. The van der Waals surface area contributed by atoms with Gasteiger partial charge in [0.1, 0.15) is 17.2 Å². The van der Waals surface area contributed by atoms with Gasteiger partial charge in [-0.25, -0.2) is 14.8 Å². The number of aromatic nitrogens is 1. The first-order valence-electron chi connectivity index (χ1n) is 9.54. The van der Waals surface area contributed by atoms with Crippen LogP contribution in [-0.4, -0.2) is 66.4 Å². The Morgan fingerprint density at radius 3 is 2.86 bits per heavy atom.